The van der Waals surface area contributed by atoms with Crippen LogP contribution >= 0.6 is 0 Å². The van der Waals surface area contributed by atoms with Crippen molar-refractivity contribution in [2.75, 3.05) is 0 Å². The van der Waals surface area contributed by atoms with Crippen molar-refractivity contribution < 1.29 is 13.0 Å². The molecule has 0 atom stereocenters. The molecule has 78 valence electrons. The second kappa shape index (κ2) is 3.44. The van der Waals surface area contributed by atoms with Crippen LogP contribution in [0.25, 0.3) is 5.69 Å². The van der Waals surface area contributed by atoms with Gasteiger partial charge in [0.15, 0.2) is 0 Å². The normalized spacial score (nSPS) is 11.5. The monoisotopic (exact) mass is 225 g/mol. The Balaban J connectivity index is 2.68. The number of hydrogen-bond donors (Lipinski definition) is 1. The number of rotatable bonds is 2. The topological polar surface area (TPSA) is 85.1 Å². The maximum absolute atomic E-state index is 11.0. The highest BCUT2D eigenvalue weighted by Crippen LogP contribution is 2.17. The Hall–Kier alpha value is -1.73. The fourth-order valence-corrected chi connectivity index (χ4v) is 1.88. The number of nitrogens with zero attached hydrogens (tertiary/aromatic N) is 3. The fourth-order valence-electron chi connectivity index (χ4n) is 1.20. The van der Waals surface area contributed by atoms with E-state index >= 15 is 0 Å². The number of para-hydroxylation sites is 1. The van der Waals surface area contributed by atoms with Gasteiger partial charge in [0.25, 0.3) is 10.1 Å². The van der Waals surface area contributed by atoms with Crippen LogP contribution in [0.5, 0.6) is 0 Å². The molecule has 0 bridgehead atoms. The lowest BCUT2D eigenvalue weighted by Crippen LogP contribution is -2.06. The van der Waals surface area contributed by atoms with Gasteiger partial charge >= 0.3 is 0 Å². The Bertz CT molecular complexity index is 563. The Kier molecular flexibility index (Phi) is 2.25. The maximum Gasteiger partial charge on any atom is 0.296 e. The average Bonchev–Trinajstić information content (AvgIpc) is 2.69. The largest absolute Gasteiger partial charge is 0.296 e. The van der Waals surface area contributed by atoms with Crippen molar-refractivity contribution >= 4 is 10.1 Å². The molecule has 6 nitrogen and oxygen atoms in total. The van der Waals surface area contributed by atoms with E-state index in [2.05, 4.69) is 10.3 Å². The molecule has 1 aromatic carbocycles. The van der Waals surface area contributed by atoms with E-state index in [1.54, 1.807) is 6.07 Å². The SMILES string of the molecule is O=S(=O)(O)c1ccccc1-n1ccnn1. The summed E-state index contributed by atoms with van der Waals surface area (Å²) < 4.78 is 32.3. The third-order valence-corrected chi connectivity index (χ3v) is 2.71. The molecule has 1 heterocycles. The van der Waals surface area contributed by atoms with Crippen molar-refractivity contribution in [2.45, 2.75) is 4.90 Å². The van der Waals surface area contributed by atoms with E-state index in [9.17, 15) is 8.42 Å². The average molecular weight is 225 g/mol. The second-order valence-electron chi connectivity index (χ2n) is 2.79. The van der Waals surface area contributed by atoms with Gasteiger partial charge in [-0.3, -0.25) is 4.55 Å². The number of aromatic nitrogens is 3. The van der Waals surface area contributed by atoms with Gasteiger partial charge in [-0.25, -0.2) is 4.68 Å². The molecule has 0 radical (unpaired) electrons. The summed E-state index contributed by atoms with van der Waals surface area (Å²) in [6.07, 6.45) is 2.91. The lowest BCUT2D eigenvalue weighted by atomic mass is 10.3. The maximum atomic E-state index is 11.0. The van der Waals surface area contributed by atoms with Gasteiger partial charge in [-0.2, -0.15) is 8.42 Å². The van der Waals surface area contributed by atoms with Crippen molar-refractivity contribution in [1.29, 1.82) is 0 Å². The quantitative estimate of drug-likeness (QED) is 0.753. The summed E-state index contributed by atoms with van der Waals surface area (Å²) in [5, 5.41) is 7.21. The van der Waals surface area contributed by atoms with E-state index in [1.165, 1.54) is 35.3 Å². The Labute approximate surface area is 85.9 Å². The van der Waals surface area contributed by atoms with Crippen LogP contribution in [0.4, 0.5) is 0 Å². The molecular weight excluding hydrogens is 218 g/mol. The van der Waals surface area contributed by atoms with E-state index in [-0.39, 0.29) is 10.6 Å². The molecule has 1 aromatic heterocycles. The predicted molar refractivity (Wildman–Crippen MR) is 51.2 cm³/mol. The van der Waals surface area contributed by atoms with Crippen LogP contribution in [-0.4, -0.2) is 28.0 Å². The molecule has 2 aromatic rings. The van der Waals surface area contributed by atoms with Crippen LogP contribution in [0.1, 0.15) is 0 Å². The van der Waals surface area contributed by atoms with Crippen molar-refractivity contribution in [3.8, 4) is 5.69 Å². The molecule has 0 amide bonds. The minimum atomic E-state index is -4.25. The van der Waals surface area contributed by atoms with Gasteiger partial charge in [-0.05, 0) is 12.1 Å². The van der Waals surface area contributed by atoms with Crippen molar-refractivity contribution in [1.82, 2.24) is 15.0 Å². The lowest BCUT2D eigenvalue weighted by molar-refractivity contribution is 0.482. The van der Waals surface area contributed by atoms with Gasteiger partial charge in [0.1, 0.15) is 4.90 Å². The molecule has 0 unspecified atom stereocenters. The summed E-state index contributed by atoms with van der Waals surface area (Å²) in [4.78, 5) is -0.199. The number of hydrogen-bond acceptors (Lipinski definition) is 4. The van der Waals surface area contributed by atoms with Crippen molar-refractivity contribution in [3.63, 3.8) is 0 Å². The molecule has 0 aliphatic heterocycles. The minimum absolute atomic E-state index is 0.199. The van der Waals surface area contributed by atoms with E-state index in [0.717, 1.165) is 0 Å². The second-order valence-corrected chi connectivity index (χ2v) is 4.18. The Morgan fingerprint density at radius 2 is 2.00 bits per heavy atom. The van der Waals surface area contributed by atoms with Crippen LogP contribution in [-0.2, 0) is 10.1 Å². The van der Waals surface area contributed by atoms with Crippen LogP contribution in [0.2, 0.25) is 0 Å². The van der Waals surface area contributed by atoms with E-state index in [4.69, 9.17) is 4.55 Å². The Morgan fingerprint density at radius 1 is 1.27 bits per heavy atom. The Morgan fingerprint density at radius 3 is 2.60 bits per heavy atom. The minimum Gasteiger partial charge on any atom is -0.282 e. The zero-order valence-electron chi connectivity index (χ0n) is 7.48. The van der Waals surface area contributed by atoms with Crippen LogP contribution < -0.4 is 0 Å². The van der Waals surface area contributed by atoms with Crippen molar-refractivity contribution in [3.05, 3.63) is 36.7 Å². The highest BCUT2D eigenvalue weighted by molar-refractivity contribution is 7.86. The molecular formula is C8H7N3O3S. The number of benzene rings is 1. The smallest absolute Gasteiger partial charge is 0.282 e. The summed E-state index contributed by atoms with van der Waals surface area (Å²) in [6, 6.07) is 5.99. The van der Waals surface area contributed by atoms with E-state index in [0.29, 0.717) is 0 Å². The molecule has 7 heteroatoms. The first-order valence-corrected chi connectivity index (χ1v) is 5.46. The first-order chi connectivity index (χ1) is 7.09. The highest BCUT2D eigenvalue weighted by Gasteiger charge is 2.15. The molecule has 0 aliphatic carbocycles. The molecule has 1 N–H and O–H groups in total. The zero-order chi connectivity index (χ0) is 10.9. The van der Waals surface area contributed by atoms with Gasteiger partial charge < -0.3 is 0 Å². The van der Waals surface area contributed by atoms with Crippen LogP contribution in [0.3, 0.4) is 0 Å². The lowest BCUT2D eigenvalue weighted by Gasteiger charge is -2.04. The standard InChI is InChI=1S/C8H7N3O3S/c12-15(13,14)8-4-2-1-3-7(8)11-6-5-9-10-11/h1-6H,(H,12,13,14). The van der Waals surface area contributed by atoms with E-state index in [1.807, 2.05) is 0 Å². The highest BCUT2D eigenvalue weighted by atomic mass is 32.2. The zero-order valence-corrected chi connectivity index (χ0v) is 8.29. The van der Waals surface area contributed by atoms with Crippen molar-refractivity contribution in [2.24, 2.45) is 0 Å². The van der Waals surface area contributed by atoms with E-state index < -0.39 is 10.1 Å². The summed E-state index contributed by atoms with van der Waals surface area (Å²) in [6.45, 7) is 0. The molecule has 0 saturated heterocycles. The molecule has 2 rings (SSSR count). The summed E-state index contributed by atoms with van der Waals surface area (Å²) in [7, 11) is -4.25. The summed E-state index contributed by atoms with van der Waals surface area (Å²) in [5.74, 6) is 0. The third kappa shape index (κ3) is 1.88. The van der Waals surface area contributed by atoms with Crippen LogP contribution in [0.15, 0.2) is 41.6 Å². The fraction of sp³-hybridized carbons (Fsp3) is 0. The van der Waals surface area contributed by atoms with Gasteiger partial charge in [-0.1, -0.05) is 17.3 Å². The third-order valence-electron chi connectivity index (χ3n) is 1.81. The molecule has 0 saturated carbocycles. The van der Waals surface area contributed by atoms with Gasteiger partial charge in [0.05, 0.1) is 18.1 Å². The molecule has 0 aliphatic rings. The summed E-state index contributed by atoms with van der Waals surface area (Å²) in [5.41, 5.74) is 0.262. The summed E-state index contributed by atoms with van der Waals surface area (Å²) >= 11 is 0. The first kappa shape index (κ1) is 9.81. The van der Waals surface area contributed by atoms with Gasteiger partial charge in [0, 0.05) is 0 Å². The molecule has 15 heavy (non-hydrogen) atoms. The molecule has 0 fully saturated rings. The van der Waals surface area contributed by atoms with Crippen LogP contribution in [0, 0.1) is 0 Å². The first-order valence-electron chi connectivity index (χ1n) is 4.02. The van der Waals surface area contributed by atoms with Gasteiger partial charge in [-0.15, -0.1) is 5.10 Å². The predicted octanol–water partition coefficient (Wildman–Crippen LogP) is 0.514. The van der Waals surface area contributed by atoms with Gasteiger partial charge in [0.2, 0.25) is 0 Å². The molecule has 0 spiro atoms.